The van der Waals surface area contributed by atoms with Gasteiger partial charge in [-0.2, -0.15) is 0 Å². The van der Waals surface area contributed by atoms with Crippen LogP contribution in [0.3, 0.4) is 0 Å². The minimum absolute atomic E-state index is 0.574. The third kappa shape index (κ3) is 5.52. The third-order valence-electron chi connectivity index (χ3n) is 12.4. The van der Waals surface area contributed by atoms with Crippen LogP contribution in [0.4, 0.5) is 0 Å². The van der Waals surface area contributed by atoms with E-state index >= 15 is 0 Å². The van der Waals surface area contributed by atoms with Gasteiger partial charge in [-0.25, -0.2) is 15.0 Å². The van der Waals surface area contributed by atoms with Crippen LogP contribution in [-0.4, -0.2) is 19.5 Å². The molecule has 5 heteroatoms. The fraction of sp³-hybridized carbons (Fsp3) is 0. The molecular formula is C57H34N4O. The zero-order chi connectivity index (χ0) is 40.7. The number of furan rings is 1. The van der Waals surface area contributed by atoms with Crippen LogP contribution < -0.4 is 0 Å². The highest BCUT2D eigenvalue weighted by atomic mass is 16.3. The van der Waals surface area contributed by atoms with E-state index in [2.05, 4.69) is 180 Å². The fourth-order valence-corrected chi connectivity index (χ4v) is 9.35. The zero-order valence-corrected chi connectivity index (χ0v) is 33.3. The highest BCUT2D eigenvalue weighted by molar-refractivity contribution is 6.16. The smallest absolute Gasteiger partial charge is 0.164 e. The van der Waals surface area contributed by atoms with E-state index in [0.29, 0.717) is 17.5 Å². The van der Waals surface area contributed by atoms with Gasteiger partial charge in [-0.05, 0) is 92.0 Å². The lowest BCUT2D eigenvalue weighted by atomic mass is 9.99. The topological polar surface area (TPSA) is 56.7 Å². The highest BCUT2D eigenvalue weighted by Crippen LogP contribution is 2.42. The normalized spacial score (nSPS) is 11.9. The van der Waals surface area contributed by atoms with Crippen molar-refractivity contribution in [3.8, 4) is 51.0 Å². The Morgan fingerprint density at radius 1 is 0.323 bits per heavy atom. The van der Waals surface area contributed by atoms with Crippen LogP contribution in [-0.2, 0) is 0 Å². The minimum atomic E-state index is 0.574. The SMILES string of the molecule is c1ccc(-c2nc(-c3ccc4ccccc4c3)nc(-c3cc(-n4c5ccc(-c6ccc7ccccc7c6)cc5c5cc6ccccc6cc54)cc4oc5ccccc5c34)n2)cc1. The molecule has 13 aromatic rings. The van der Waals surface area contributed by atoms with Crippen molar-refractivity contribution in [1.82, 2.24) is 19.5 Å². The van der Waals surface area contributed by atoms with Crippen LogP contribution >= 0.6 is 0 Å². The van der Waals surface area contributed by atoms with Gasteiger partial charge in [-0.1, -0.05) is 152 Å². The van der Waals surface area contributed by atoms with Gasteiger partial charge < -0.3 is 8.98 Å². The summed E-state index contributed by atoms with van der Waals surface area (Å²) >= 11 is 0. The largest absolute Gasteiger partial charge is 0.456 e. The molecule has 13 rings (SSSR count). The van der Waals surface area contributed by atoms with Gasteiger partial charge in [0.25, 0.3) is 0 Å². The van der Waals surface area contributed by atoms with Crippen LogP contribution in [0.15, 0.2) is 211 Å². The van der Waals surface area contributed by atoms with E-state index in [4.69, 9.17) is 19.4 Å². The van der Waals surface area contributed by atoms with E-state index in [9.17, 15) is 0 Å². The summed E-state index contributed by atoms with van der Waals surface area (Å²) in [6.07, 6.45) is 0. The van der Waals surface area contributed by atoms with Crippen molar-refractivity contribution in [3.63, 3.8) is 0 Å². The molecule has 0 amide bonds. The van der Waals surface area contributed by atoms with Crippen molar-refractivity contribution in [2.24, 2.45) is 0 Å². The summed E-state index contributed by atoms with van der Waals surface area (Å²) in [5.74, 6) is 1.79. The maximum absolute atomic E-state index is 6.75. The zero-order valence-electron chi connectivity index (χ0n) is 33.3. The molecule has 0 fully saturated rings. The maximum Gasteiger partial charge on any atom is 0.164 e. The van der Waals surface area contributed by atoms with Gasteiger partial charge in [0.1, 0.15) is 11.2 Å². The lowest BCUT2D eigenvalue weighted by Crippen LogP contribution is -2.02. The summed E-state index contributed by atoms with van der Waals surface area (Å²) in [7, 11) is 0. The Balaban J connectivity index is 1.09. The Morgan fingerprint density at radius 2 is 0.871 bits per heavy atom. The molecule has 3 aromatic heterocycles. The summed E-state index contributed by atoms with van der Waals surface area (Å²) in [5, 5.41) is 11.4. The van der Waals surface area contributed by atoms with Crippen LogP contribution in [0.1, 0.15) is 0 Å². The van der Waals surface area contributed by atoms with Crippen molar-refractivity contribution in [3.05, 3.63) is 206 Å². The molecular weight excluding hydrogens is 757 g/mol. The Hall–Kier alpha value is -8.41. The molecule has 0 spiro atoms. The van der Waals surface area contributed by atoms with Gasteiger partial charge in [-0.15, -0.1) is 0 Å². The predicted molar refractivity (Wildman–Crippen MR) is 256 cm³/mol. The van der Waals surface area contributed by atoms with Crippen molar-refractivity contribution >= 4 is 76.1 Å². The monoisotopic (exact) mass is 790 g/mol. The molecule has 0 aliphatic heterocycles. The molecule has 0 bridgehead atoms. The standard InChI is InChI=1S/C57H34N4O/c1-2-14-37(15-3-1)55-58-56(44-25-23-36-13-5-7-17-39(36)29-44)60-57(59-55)49-33-45(34-53-54(49)46-20-10-11-21-52(46)62-53)61-50-27-26-43(42-24-22-35-12-4-6-16-38(35)28-42)31-47(50)48-30-40-18-8-9-19-41(40)32-51(48)61/h1-34H. The van der Waals surface area contributed by atoms with E-state index in [1.54, 1.807) is 0 Å². The molecule has 0 saturated carbocycles. The third-order valence-corrected chi connectivity index (χ3v) is 12.4. The van der Waals surface area contributed by atoms with Crippen LogP contribution in [0.25, 0.3) is 127 Å². The van der Waals surface area contributed by atoms with Crippen LogP contribution in [0, 0.1) is 0 Å². The number of aromatic nitrogens is 4. The molecule has 10 aromatic carbocycles. The van der Waals surface area contributed by atoms with E-state index in [1.807, 2.05) is 30.3 Å². The van der Waals surface area contributed by atoms with E-state index in [-0.39, 0.29) is 0 Å². The lowest BCUT2D eigenvalue weighted by Gasteiger charge is -2.13. The van der Waals surface area contributed by atoms with Gasteiger partial charge in [0.05, 0.1) is 16.7 Å². The van der Waals surface area contributed by atoms with Gasteiger partial charge in [0.15, 0.2) is 17.5 Å². The molecule has 0 N–H and O–H groups in total. The average molecular weight is 791 g/mol. The van der Waals surface area contributed by atoms with Crippen molar-refractivity contribution in [2.75, 3.05) is 0 Å². The van der Waals surface area contributed by atoms with Crippen LogP contribution in [0.5, 0.6) is 0 Å². The Morgan fingerprint density at radius 3 is 1.63 bits per heavy atom. The fourth-order valence-electron chi connectivity index (χ4n) is 9.35. The second kappa shape index (κ2) is 13.6. The number of fused-ring (bicyclic) bond motifs is 9. The first-order valence-corrected chi connectivity index (χ1v) is 20.9. The molecule has 0 aliphatic carbocycles. The number of rotatable bonds is 5. The van der Waals surface area contributed by atoms with Crippen molar-refractivity contribution in [2.45, 2.75) is 0 Å². The second-order valence-electron chi connectivity index (χ2n) is 16.0. The molecule has 5 nitrogen and oxygen atoms in total. The first-order valence-electron chi connectivity index (χ1n) is 20.9. The molecule has 3 heterocycles. The second-order valence-corrected chi connectivity index (χ2v) is 16.0. The van der Waals surface area contributed by atoms with Crippen molar-refractivity contribution < 1.29 is 4.42 Å². The first kappa shape index (κ1) is 34.5. The molecule has 0 unspecified atom stereocenters. The molecule has 0 saturated heterocycles. The van der Waals surface area contributed by atoms with Gasteiger partial charge in [-0.3, -0.25) is 0 Å². The van der Waals surface area contributed by atoms with E-state index in [0.717, 1.165) is 66.1 Å². The van der Waals surface area contributed by atoms with Crippen LogP contribution in [0.2, 0.25) is 0 Å². The van der Waals surface area contributed by atoms with E-state index in [1.165, 1.54) is 43.4 Å². The average Bonchev–Trinajstić information content (AvgIpc) is 3.87. The molecule has 62 heavy (non-hydrogen) atoms. The number of hydrogen-bond acceptors (Lipinski definition) is 4. The maximum atomic E-state index is 6.75. The number of hydrogen-bond donors (Lipinski definition) is 0. The van der Waals surface area contributed by atoms with Gasteiger partial charge in [0.2, 0.25) is 0 Å². The summed E-state index contributed by atoms with van der Waals surface area (Å²) in [4.78, 5) is 15.7. The molecule has 0 aliphatic rings. The number of benzene rings is 10. The minimum Gasteiger partial charge on any atom is -0.456 e. The Kier molecular flexibility index (Phi) is 7.54. The number of nitrogens with zero attached hydrogens (tertiary/aromatic N) is 4. The molecule has 0 radical (unpaired) electrons. The first-order chi connectivity index (χ1) is 30.7. The van der Waals surface area contributed by atoms with Gasteiger partial charge >= 0.3 is 0 Å². The summed E-state index contributed by atoms with van der Waals surface area (Å²) in [6.45, 7) is 0. The summed E-state index contributed by atoms with van der Waals surface area (Å²) in [6, 6.07) is 73.0. The predicted octanol–water partition coefficient (Wildman–Crippen LogP) is 15.0. The summed E-state index contributed by atoms with van der Waals surface area (Å²) in [5.41, 5.74) is 9.78. The number of para-hydroxylation sites is 1. The lowest BCUT2D eigenvalue weighted by molar-refractivity contribution is 0.668. The molecule has 288 valence electrons. The Labute approximate surface area is 355 Å². The van der Waals surface area contributed by atoms with E-state index < -0.39 is 0 Å². The molecule has 0 atom stereocenters. The van der Waals surface area contributed by atoms with Gasteiger partial charge in [0, 0.05) is 44.3 Å². The highest BCUT2D eigenvalue weighted by Gasteiger charge is 2.22. The quantitative estimate of drug-likeness (QED) is 0.174. The summed E-state index contributed by atoms with van der Waals surface area (Å²) < 4.78 is 9.13. The Bertz CT molecular complexity index is 3940. The van der Waals surface area contributed by atoms with Crippen molar-refractivity contribution in [1.29, 1.82) is 0 Å².